The van der Waals surface area contributed by atoms with Gasteiger partial charge in [-0.3, -0.25) is 14.9 Å². The van der Waals surface area contributed by atoms with Crippen molar-refractivity contribution in [3.8, 4) is 0 Å². The summed E-state index contributed by atoms with van der Waals surface area (Å²) in [5.41, 5.74) is 1.17. The van der Waals surface area contributed by atoms with Crippen LogP contribution in [0, 0.1) is 10.1 Å². The summed E-state index contributed by atoms with van der Waals surface area (Å²) in [6.07, 6.45) is 2.70. The Bertz CT molecular complexity index is 802. The third-order valence-electron chi connectivity index (χ3n) is 3.41. The van der Waals surface area contributed by atoms with E-state index in [0.717, 1.165) is 11.6 Å². The zero-order valence-electron chi connectivity index (χ0n) is 13.2. The number of rotatable bonds is 7. The molecule has 2 aromatic carbocycles. The Hall–Kier alpha value is -3.48. The number of hydrogen-bond donors (Lipinski definition) is 2. The van der Waals surface area contributed by atoms with E-state index in [0.29, 0.717) is 5.56 Å². The maximum absolute atomic E-state index is 11.9. The minimum atomic E-state index is -1.14. The fraction of sp³-hybridized carbons (Fsp3) is 0.111. The van der Waals surface area contributed by atoms with Crippen molar-refractivity contribution in [3.05, 3.63) is 81.9 Å². The molecule has 0 aliphatic rings. The third kappa shape index (κ3) is 5.58. The largest absolute Gasteiger partial charge is 0.480 e. The molecule has 2 N–H and O–H groups in total. The first-order valence-electron chi connectivity index (χ1n) is 7.45. The molecule has 0 heterocycles. The highest BCUT2D eigenvalue weighted by molar-refractivity contribution is 5.94. The number of carboxylic acid groups (broad SMARTS) is 1. The summed E-state index contributed by atoms with van der Waals surface area (Å²) in [6.45, 7) is 0. The van der Waals surface area contributed by atoms with Gasteiger partial charge in [-0.05, 0) is 17.2 Å². The summed E-state index contributed by atoms with van der Waals surface area (Å²) >= 11 is 0. The van der Waals surface area contributed by atoms with E-state index in [2.05, 4.69) is 5.32 Å². The van der Waals surface area contributed by atoms with E-state index in [1.807, 2.05) is 6.07 Å². The molecule has 0 bridgehead atoms. The first-order valence-corrected chi connectivity index (χ1v) is 7.45. The van der Waals surface area contributed by atoms with Crippen molar-refractivity contribution >= 4 is 23.6 Å². The van der Waals surface area contributed by atoms with Crippen LogP contribution in [0.2, 0.25) is 0 Å². The average molecular weight is 340 g/mol. The van der Waals surface area contributed by atoms with E-state index < -0.39 is 22.8 Å². The molecule has 2 aromatic rings. The van der Waals surface area contributed by atoms with Crippen LogP contribution < -0.4 is 5.32 Å². The normalized spacial score (nSPS) is 11.8. The number of benzene rings is 2. The van der Waals surface area contributed by atoms with Crippen molar-refractivity contribution in [2.24, 2.45) is 0 Å². The molecule has 2 rings (SSSR count). The molecule has 0 fully saturated rings. The number of nitro benzene ring substituents is 1. The zero-order chi connectivity index (χ0) is 18.2. The second-order valence-corrected chi connectivity index (χ2v) is 5.27. The third-order valence-corrected chi connectivity index (χ3v) is 3.41. The molecule has 128 valence electrons. The van der Waals surface area contributed by atoms with Gasteiger partial charge in [0.1, 0.15) is 6.04 Å². The molecule has 0 aliphatic carbocycles. The molecule has 1 amide bonds. The maximum atomic E-state index is 11.9. The fourth-order valence-corrected chi connectivity index (χ4v) is 2.18. The van der Waals surface area contributed by atoms with Crippen LogP contribution in [0.4, 0.5) is 5.69 Å². The van der Waals surface area contributed by atoms with Gasteiger partial charge in [0.2, 0.25) is 5.91 Å². The van der Waals surface area contributed by atoms with Gasteiger partial charge in [-0.1, -0.05) is 42.5 Å². The molecule has 7 heteroatoms. The van der Waals surface area contributed by atoms with Gasteiger partial charge in [0.25, 0.3) is 5.69 Å². The number of nitrogens with zero attached hydrogens (tertiary/aromatic N) is 1. The number of nitro groups is 1. The van der Waals surface area contributed by atoms with Gasteiger partial charge >= 0.3 is 5.97 Å². The molecule has 7 nitrogen and oxygen atoms in total. The number of carbonyl (C=O) groups excluding carboxylic acids is 1. The SMILES string of the molecule is O=C(/C=C/c1cccc([N+](=O)[O-])c1)N[C@@H](Cc1ccccc1)C(=O)O. The molecular weight excluding hydrogens is 324 g/mol. The highest BCUT2D eigenvalue weighted by Gasteiger charge is 2.19. The highest BCUT2D eigenvalue weighted by Crippen LogP contribution is 2.14. The lowest BCUT2D eigenvalue weighted by atomic mass is 10.1. The Balaban J connectivity index is 2.02. The highest BCUT2D eigenvalue weighted by atomic mass is 16.6. The fourth-order valence-electron chi connectivity index (χ4n) is 2.18. The Kier molecular flexibility index (Phi) is 6.00. The van der Waals surface area contributed by atoms with Crippen molar-refractivity contribution in [1.82, 2.24) is 5.32 Å². The molecule has 0 aliphatic heterocycles. The van der Waals surface area contributed by atoms with Gasteiger partial charge < -0.3 is 10.4 Å². The van der Waals surface area contributed by atoms with E-state index >= 15 is 0 Å². The summed E-state index contributed by atoms with van der Waals surface area (Å²) in [5, 5.41) is 22.4. The number of carboxylic acids is 1. The first kappa shape index (κ1) is 17.9. The van der Waals surface area contributed by atoms with E-state index in [4.69, 9.17) is 0 Å². The number of non-ortho nitro benzene ring substituents is 1. The minimum absolute atomic E-state index is 0.0879. The Morgan fingerprint density at radius 2 is 1.88 bits per heavy atom. The van der Waals surface area contributed by atoms with Gasteiger partial charge in [0, 0.05) is 24.6 Å². The van der Waals surface area contributed by atoms with E-state index in [9.17, 15) is 24.8 Å². The number of hydrogen-bond acceptors (Lipinski definition) is 4. The molecule has 25 heavy (non-hydrogen) atoms. The summed E-state index contributed by atoms with van der Waals surface area (Å²) in [6, 6.07) is 13.7. The Labute approximate surface area is 143 Å². The minimum Gasteiger partial charge on any atom is -0.480 e. The summed E-state index contributed by atoms with van der Waals surface area (Å²) in [7, 11) is 0. The van der Waals surface area contributed by atoms with Gasteiger partial charge in [-0.2, -0.15) is 0 Å². The van der Waals surface area contributed by atoms with Crippen molar-refractivity contribution in [2.45, 2.75) is 12.5 Å². The van der Waals surface area contributed by atoms with E-state index in [1.165, 1.54) is 24.3 Å². The predicted molar refractivity (Wildman–Crippen MR) is 91.8 cm³/mol. The zero-order valence-corrected chi connectivity index (χ0v) is 13.2. The van der Waals surface area contributed by atoms with Crippen molar-refractivity contribution in [1.29, 1.82) is 0 Å². The monoisotopic (exact) mass is 340 g/mol. The molecule has 0 spiro atoms. The predicted octanol–water partition coefficient (Wildman–Crippen LogP) is 2.42. The summed E-state index contributed by atoms with van der Waals surface area (Å²) < 4.78 is 0. The first-order chi connectivity index (χ1) is 12.0. The van der Waals surface area contributed by atoms with Crippen LogP contribution in [0.15, 0.2) is 60.7 Å². The molecule has 0 radical (unpaired) electrons. The number of aliphatic carboxylic acids is 1. The molecule has 0 saturated heterocycles. The lowest BCUT2D eigenvalue weighted by Gasteiger charge is -2.13. The van der Waals surface area contributed by atoms with Crippen LogP contribution in [-0.4, -0.2) is 27.9 Å². The Morgan fingerprint density at radius 3 is 2.52 bits per heavy atom. The lowest BCUT2D eigenvalue weighted by molar-refractivity contribution is -0.384. The molecule has 0 unspecified atom stereocenters. The van der Waals surface area contributed by atoms with Crippen LogP contribution >= 0.6 is 0 Å². The van der Waals surface area contributed by atoms with E-state index in [1.54, 1.807) is 30.3 Å². The second-order valence-electron chi connectivity index (χ2n) is 5.27. The maximum Gasteiger partial charge on any atom is 0.326 e. The van der Waals surface area contributed by atoms with Gasteiger partial charge in [-0.15, -0.1) is 0 Å². The Morgan fingerprint density at radius 1 is 1.16 bits per heavy atom. The number of carbonyl (C=O) groups is 2. The standard InChI is InChI=1S/C18H16N2O5/c21-17(10-9-14-7-4-8-15(11-14)20(24)25)19-16(18(22)23)12-13-5-2-1-3-6-13/h1-11,16H,12H2,(H,19,21)(H,22,23)/b10-9+/t16-/m0/s1. The molecule has 0 saturated carbocycles. The van der Waals surface area contributed by atoms with Crippen LogP contribution in [0.1, 0.15) is 11.1 Å². The van der Waals surface area contributed by atoms with Gasteiger partial charge in [-0.25, -0.2) is 4.79 Å². The van der Waals surface area contributed by atoms with E-state index in [-0.39, 0.29) is 12.1 Å². The molecular formula is C18H16N2O5. The average Bonchev–Trinajstić information content (AvgIpc) is 2.60. The quantitative estimate of drug-likeness (QED) is 0.457. The summed E-state index contributed by atoms with van der Waals surface area (Å²) in [5.74, 6) is -1.73. The summed E-state index contributed by atoms with van der Waals surface area (Å²) in [4.78, 5) is 33.5. The lowest BCUT2D eigenvalue weighted by Crippen LogP contribution is -2.41. The van der Waals surface area contributed by atoms with Crippen LogP contribution in [0.3, 0.4) is 0 Å². The smallest absolute Gasteiger partial charge is 0.326 e. The van der Waals surface area contributed by atoms with Crippen molar-refractivity contribution in [2.75, 3.05) is 0 Å². The molecule has 0 aromatic heterocycles. The molecule has 1 atom stereocenters. The van der Waals surface area contributed by atoms with Crippen molar-refractivity contribution in [3.63, 3.8) is 0 Å². The topological polar surface area (TPSA) is 110 Å². The van der Waals surface area contributed by atoms with Crippen molar-refractivity contribution < 1.29 is 19.6 Å². The van der Waals surface area contributed by atoms with Crippen LogP contribution in [-0.2, 0) is 16.0 Å². The number of amides is 1. The second kappa shape index (κ2) is 8.39. The number of nitrogens with one attached hydrogen (secondary N) is 1. The van der Waals surface area contributed by atoms with Gasteiger partial charge in [0.05, 0.1) is 4.92 Å². The van der Waals surface area contributed by atoms with Gasteiger partial charge in [0.15, 0.2) is 0 Å². The van der Waals surface area contributed by atoms with Crippen LogP contribution in [0.25, 0.3) is 6.08 Å². The van der Waals surface area contributed by atoms with Crippen LogP contribution in [0.5, 0.6) is 0 Å².